The first kappa shape index (κ1) is 10.9. The Labute approximate surface area is 105 Å². The largest absolute Gasteiger partial charge is 0.378 e. The standard InChI is InChI=1S/C10H8BrClN2S/c11-8-3-9(10(12)14-5-8)13-4-7-1-2-15-6-7/h1-3,5-6,13H,4H2. The second-order valence-corrected chi connectivity index (χ2v) is 5.03. The van der Waals surface area contributed by atoms with E-state index in [4.69, 9.17) is 11.6 Å². The normalized spacial score (nSPS) is 10.3. The van der Waals surface area contributed by atoms with Gasteiger partial charge < -0.3 is 5.32 Å². The maximum atomic E-state index is 5.94. The third-order valence-corrected chi connectivity index (χ3v) is 3.34. The van der Waals surface area contributed by atoms with Crippen LogP contribution in [0.15, 0.2) is 33.6 Å². The number of nitrogens with zero attached hydrogens (tertiary/aromatic N) is 1. The molecule has 2 aromatic heterocycles. The predicted octanol–water partition coefficient (Wildman–Crippen LogP) is 4.17. The minimum atomic E-state index is 0.494. The summed E-state index contributed by atoms with van der Waals surface area (Å²) in [5.41, 5.74) is 2.09. The van der Waals surface area contributed by atoms with Crippen LogP contribution in [0.3, 0.4) is 0 Å². The van der Waals surface area contributed by atoms with E-state index in [1.165, 1.54) is 5.56 Å². The monoisotopic (exact) mass is 302 g/mol. The van der Waals surface area contributed by atoms with Gasteiger partial charge in [-0.2, -0.15) is 11.3 Å². The smallest absolute Gasteiger partial charge is 0.152 e. The molecule has 0 amide bonds. The highest BCUT2D eigenvalue weighted by molar-refractivity contribution is 9.10. The molecular formula is C10H8BrClN2S. The van der Waals surface area contributed by atoms with E-state index in [0.717, 1.165) is 16.7 Å². The fourth-order valence-corrected chi connectivity index (χ4v) is 2.31. The average Bonchev–Trinajstić information content (AvgIpc) is 2.72. The summed E-state index contributed by atoms with van der Waals surface area (Å²) < 4.78 is 0.916. The van der Waals surface area contributed by atoms with Gasteiger partial charge in [-0.15, -0.1) is 0 Å². The fourth-order valence-electron chi connectivity index (χ4n) is 1.14. The van der Waals surface area contributed by atoms with E-state index in [-0.39, 0.29) is 0 Å². The lowest BCUT2D eigenvalue weighted by atomic mass is 10.3. The molecule has 2 nitrogen and oxygen atoms in total. The number of hydrogen-bond acceptors (Lipinski definition) is 3. The summed E-state index contributed by atoms with van der Waals surface area (Å²) in [5, 5.41) is 7.89. The van der Waals surface area contributed by atoms with Crippen LogP contribution in [0.25, 0.3) is 0 Å². The second kappa shape index (κ2) is 4.96. The summed E-state index contributed by atoms with van der Waals surface area (Å²) in [7, 11) is 0. The molecule has 78 valence electrons. The Bertz CT molecular complexity index is 445. The quantitative estimate of drug-likeness (QED) is 0.861. The van der Waals surface area contributed by atoms with Gasteiger partial charge in [0.05, 0.1) is 5.69 Å². The SMILES string of the molecule is Clc1ncc(Br)cc1NCc1ccsc1. The van der Waals surface area contributed by atoms with Gasteiger partial charge in [0, 0.05) is 17.2 Å². The van der Waals surface area contributed by atoms with Crippen molar-refractivity contribution in [2.45, 2.75) is 6.54 Å². The zero-order valence-electron chi connectivity index (χ0n) is 7.71. The number of pyridine rings is 1. The highest BCUT2D eigenvalue weighted by Crippen LogP contribution is 2.23. The number of thiophene rings is 1. The van der Waals surface area contributed by atoms with Crippen molar-refractivity contribution in [3.63, 3.8) is 0 Å². The molecule has 2 rings (SSSR count). The van der Waals surface area contributed by atoms with E-state index in [0.29, 0.717) is 5.15 Å². The summed E-state index contributed by atoms with van der Waals surface area (Å²) in [6.07, 6.45) is 1.68. The summed E-state index contributed by atoms with van der Waals surface area (Å²) in [6.45, 7) is 0.765. The molecule has 0 atom stereocenters. The molecule has 0 spiro atoms. The molecule has 5 heteroatoms. The first-order valence-electron chi connectivity index (χ1n) is 4.31. The Balaban J connectivity index is 2.07. The highest BCUT2D eigenvalue weighted by Gasteiger charge is 2.02. The van der Waals surface area contributed by atoms with Gasteiger partial charge in [-0.05, 0) is 44.4 Å². The van der Waals surface area contributed by atoms with Crippen LogP contribution in [0.2, 0.25) is 5.15 Å². The Morgan fingerprint density at radius 2 is 2.40 bits per heavy atom. The highest BCUT2D eigenvalue weighted by atomic mass is 79.9. The van der Waals surface area contributed by atoms with E-state index in [1.54, 1.807) is 17.5 Å². The minimum Gasteiger partial charge on any atom is -0.378 e. The van der Waals surface area contributed by atoms with Gasteiger partial charge in [0.1, 0.15) is 0 Å². The third-order valence-electron chi connectivity index (χ3n) is 1.87. The molecule has 0 aromatic carbocycles. The lowest BCUT2D eigenvalue weighted by molar-refractivity contribution is 1.15. The molecule has 2 aromatic rings. The molecule has 0 bridgehead atoms. The number of hydrogen-bond donors (Lipinski definition) is 1. The van der Waals surface area contributed by atoms with Crippen molar-refractivity contribution in [1.82, 2.24) is 4.98 Å². The van der Waals surface area contributed by atoms with Gasteiger partial charge in [-0.25, -0.2) is 4.98 Å². The molecule has 0 unspecified atom stereocenters. The number of aromatic nitrogens is 1. The lowest BCUT2D eigenvalue weighted by Gasteiger charge is -2.06. The molecule has 0 saturated heterocycles. The van der Waals surface area contributed by atoms with Crippen LogP contribution in [0.5, 0.6) is 0 Å². The van der Waals surface area contributed by atoms with Crippen molar-refractivity contribution in [2.24, 2.45) is 0 Å². The lowest BCUT2D eigenvalue weighted by Crippen LogP contribution is -1.99. The summed E-state index contributed by atoms with van der Waals surface area (Å²) >= 11 is 11.0. The van der Waals surface area contributed by atoms with E-state index < -0.39 is 0 Å². The van der Waals surface area contributed by atoms with Crippen LogP contribution in [0, 0.1) is 0 Å². The fraction of sp³-hybridized carbons (Fsp3) is 0.100. The van der Waals surface area contributed by atoms with Crippen molar-refractivity contribution < 1.29 is 0 Å². The summed E-state index contributed by atoms with van der Waals surface area (Å²) in [5.74, 6) is 0. The molecule has 0 aliphatic carbocycles. The van der Waals surface area contributed by atoms with E-state index in [2.05, 4.69) is 43.1 Å². The molecule has 1 N–H and O–H groups in total. The van der Waals surface area contributed by atoms with E-state index in [9.17, 15) is 0 Å². The van der Waals surface area contributed by atoms with Gasteiger partial charge in [-0.1, -0.05) is 11.6 Å². The minimum absolute atomic E-state index is 0.494. The van der Waals surface area contributed by atoms with Crippen LogP contribution >= 0.6 is 38.9 Å². The number of halogens is 2. The average molecular weight is 304 g/mol. The Hall–Kier alpha value is -0.580. The molecule has 0 aliphatic heterocycles. The maximum absolute atomic E-state index is 5.94. The summed E-state index contributed by atoms with van der Waals surface area (Å²) in [6, 6.07) is 4.00. The Kier molecular flexibility index (Phi) is 3.61. The van der Waals surface area contributed by atoms with Crippen LogP contribution < -0.4 is 5.32 Å². The van der Waals surface area contributed by atoms with Crippen LogP contribution in [-0.2, 0) is 6.54 Å². The van der Waals surface area contributed by atoms with Gasteiger partial charge >= 0.3 is 0 Å². The number of nitrogens with one attached hydrogen (secondary N) is 1. The molecule has 2 heterocycles. The van der Waals surface area contributed by atoms with Crippen molar-refractivity contribution in [1.29, 1.82) is 0 Å². The van der Waals surface area contributed by atoms with Gasteiger partial charge in [-0.3, -0.25) is 0 Å². The van der Waals surface area contributed by atoms with E-state index >= 15 is 0 Å². The van der Waals surface area contributed by atoms with Crippen molar-refractivity contribution in [3.8, 4) is 0 Å². The van der Waals surface area contributed by atoms with Crippen LogP contribution in [0.1, 0.15) is 5.56 Å². The first-order chi connectivity index (χ1) is 7.25. The number of rotatable bonds is 3. The topological polar surface area (TPSA) is 24.9 Å². The van der Waals surface area contributed by atoms with Crippen LogP contribution in [0.4, 0.5) is 5.69 Å². The molecular weight excluding hydrogens is 296 g/mol. The maximum Gasteiger partial charge on any atom is 0.152 e. The van der Waals surface area contributed by atoms with Gasteiger partial charge in [0.2, 0.25) is 0 Å². The second-order valence-electron chi connectivity index (χ2n) is 2.98. The third kappa shape index (κ3) is 2.93. The van der Waals surface area contributed by atoms with E-state index in [1.807, 2.05) is 6.07 Å². The Morgan fingerprint density at radius 1 is 1.53 bits per heavy atom. The predicted molar refractivity (Wildman–Crippen MR) is 68.6 cm³/mol. The first-order valence-corrected chi connectivity index (χ1v) is 6.43. The van der Waals surface area contributed by atoms with Crippen molar-refractivity contribution in [2.75, 3.05) is 5.32 Å². The van der Waals surface area contributed by atoms with Crippen molar-refractivity contribution >= 4 is 44.6 Å². The zero-order chi connectivity index (χ0) is 10.7. The van der Waals surface area contributed by atoms with Crippen molar-refractivity contribution in [3.05, 3.63) is 44.3 Å². The van der Waals surface area contributed by atoms with Crippen LogP contribution in [-0.4, -0.2) is 4.98 Å². The summed E-state index contributed by atoms with van der Waals surface area (Å²) in [4.78, 5) is 4.04. The van der Waals surface area contributed by atoms with Gasteiger partial charge in [0.15, 0.2) is 5.15 Å². The molecule has 0 saturated carbocycles. The van der Waals surface area contributed by atoms with Gasteiger partial charge in [0.25, 0.3) is 0 Å². The molecule has 0 radical (unpaired) electrons. The molecule has 0 aliphatic rings. The zero-order valence-corrected chi connectivity index (χ0v) is 10.9. The molecule has 0 fully saturated rings. The molecule has 15 heavy (non-hydrogen) atoms. The number of anilines is 1. The Morgan fingerprint density at radius 3 is 3.13 bits per heavy atom.